The number of nitrogens with one attached hydrogen (secondary N) is 2. The highest BCUT2D eigenvalue weighted by atomic mass is 35.5. The lowest BCUT2D eigenvalue weighted by Gasteiger charge is -2.31. The lowest BCUT2D eigenvalue weighted by Crippen LogP contribution is -2.37. The van der Waals surface area contributed by atoms with E-state index in [-0.39, 0.29) is 22.4 Å². The Kier molecular flexibility index (Phi) is 8.58. The van der Waals surface area contributed by atoms with Crippen LogP contribution in [0.15, 0.2) is 71.6 Å². The Bertz CT molecular complexity index is 1340. The fourth-order valence-corrected chi connectivity index (χ4v) is 5.54. The Morgan fingerprint density at radius 1 is 1.00 bits per heavy atom. The molecule has 3 aromatic rings. The maximum absolute atomic E-state index is 12.9. The highest BCUT2D eigenvalue weighted by Crippen LogP contribution is 2.31. The Labute approximate surface area is 222 Å². The van der Waals surface area contributed by atoms with E-state index < -0.39 is 10.0 Å². The van der Waals surface area contributed by atoms with Crippen molar-refractivity contribution in [2.75, 3.05) is 37.3 Å². The molecular weight excluding hydrogens is 514 g/mol. The first-order valence-corrected chi connectivity index (χ1v) is 13.8. The lowest BCUT2D eigenvalue weighted by molar-refractivity contribution is -0.121. The molecule has 2 N–H and O–H groups in total. The maximum Gasteiger partial charge on any atom is 0.262 e. The third kappa shape index (κ3) is 6.74. The van der Waals surface area contributed by atoms with Crippen molar-refractivity contribution < 1.29 is 22.7 Å². The van der Waals surface area contributed by atoms with E-state index in [1.807, 2.05) is 24.3 Å². The summed E-state index contributed by atoms with van der Waals surface area (Å²) < 4.78 is 38.8. The molecule has 0 aliphatic carbocycles. The Balaban J connectivity index is 1.33. The summed E-state index contributed by atoms with van der Waals surface area (Å²) in [6.07, 6.45) is 1.49. The van der Waals surface area contributed by atoms with Crippen LogP contribution in [0.4, 0.5) is 11.4 Å². The van der Waals surface area contributed by atoms with E-state index in [2.05, 4.69) is 14.9 Å². The van der Waals surface area contributed by atoms with Crippen LogP contribution in [0.1, 0.15) is 18.4 Å². The van der Waals surface area contributed by atoms with Crippen molar-refractivity contribution in [3.05, 3.63) is 77.3 Å². The van der Waals surface area contributed by atoms with Crippen LogP contribution in [0.3, 0.4) is 0 Å². The zero-order chi connectivity index (χ0) is 26.4. The van der Waals surface area contributed by atoms with Gasteiger partial charge in [-0.2, -0.15) is 0 Å². The van der Waals surface area contributed by atoms with Crippen LogP contribution in [0.2, 0.25) is 5.02 Å². The zero-order valence-corrected chi connectivity index (χ0v) is 22.3. The smallest absolute Gasteiger partial charge is 0.262 e. The van der Waals surface area contributed by atoms with Crippen molar-refractivity contribution in [2.24, 2.45) is 5.92 Å². The number of likely N-dealkylation sites (tertiary alicyclic amines) is 1. The van der Waals surface area contributed by atoms with Crippen LogP contribution < -0.4 is 19.5 Å². The molecule has 0 unspecified atom stereocenters. The molecule has 3 aromatic carbocycles. The number of nitrogens with zero attached hydrogens (tertiary/aromatic N) is 1. The van der Waals surface area contributed by atoms with E-state index in [0.29, 0.717) is 17.2 Å². The van der Waals surface area contributed by atoms with E-state index in [9.17, 15) is 13.2 Å². The zero-order valence-electron chi connectivity index (χ0n) is 20.7. The van der Waals surface area contributed by atoms with Crippen LogP contribution in [0, 0.1) is 5.92 Å². The molecule has 1 saturated heterocycles. The minimum Gasteiger partial charge on any atom is -0.497 e. The van der Waals surface area contributed by atoms with Crippen molar-refractivity contribution in [2.45, 2.75) is 24.3 Å². The summed E-state index contributed by atoms with van der Waals surface area (Å²) in [5.41, 5.74) is 1.89. The molecule has 0 saturated carbocycles. The van der Waals surface area contributed by atoms with Gasteiger partial charge in [0.1, 0.15) is 11.5 Å². The summed E-state index contributed by atoms with van der Waals surface area (Å²) in [7, 11) is -0.930. The molecule has 4 rings (SSSR count). The minimum atomic E-state index is -3.88. The number of halogens is 1. The van der Waals surface area contributed by atoms with Gasteiger partial charge in [0.15, 0.2) is 0 Å². The Morgan fingerprint density at radius 3 is 2.35 bits per heavy atom. The van der Waals surface area contributed by atoms with Crippen LogP contribution >= 0.6 is 11.6 Å². The molecule has 8 nitrogen and oxygen atoms in total. The number of carbonyl (C=O) groups is 1. The summed E-state index contributed by atoms with van der Waals surface area (Å²) in [4.78, 5) is 15.2. The highest BCUT2D eigenvalue weighted by molar-refractivity contribution is 7.92. The molecule has 0 bridgehead atoms. The average molecular weight is 544 g/mol. The molecule has 37 heavy (non-hydrogen) atoms. The van der Waals surface area contributed by atoms with Crippen LogP contribution in [-0.2, 0) is 21.4 Å². The number of hydrogen-bond donors (Lipinski definition) is 2. The summed E-state index contributed by atoms with van der Waals surface area (Å²) in [5, 5.41) is 3.67. The molecule has 1 fully saturated rings. The number of methoxy groups -OCH3 is 2. The van der Waals surface area contributed by atoms with Gasteiger partial charge in [-0.3, -0.25) is 14.4 Å². The van der Waals surface area contributed by atoms with Crippen molar-refractivity contribution >= 4 is 38.9 Å². The number of hydrogen-bond acceptors (Lipinski definition) is 6. The molecule has 0 atom stereocenters. The predicted molar refractivity (Wildman–Crippen MR) is 145 cm³/mol. The van der Waals surface area contributed by atoms with Gasteiger partial charge < -0.3 is 14.8 Å². The van der Waals surface area contributed by atoms with Gasteiger partial charge in [0.25, 0.3) is 10.0 Å². The number of piperidine rings is 1. The van der Waals surface area contributed by atoms with Crippen molar-refractivity contribution in [1.82, 2.24) is 4.90 Å². The molecular formula is C27H30ClN3O5S. The van der Waals surface area contributed by atoms with Crippen molar-refractivity contribution in [3.63, 3.8) is 0 Å². The van der Waals surface area contributed by atoms with Gasteiger partial charge in [0.05, 0.1) is 24.8 Å². The van der Waals surface area contributed by atoms with Crippen LogP contribution in [-0.4, -0.2) is 46.5 Å². The summed E-state index contributed by atoms with van der Waals surface area (Å²) in [6.45, 7) is 2.37. The summed E-state index contributed by atoms with van der Waals surface area (Å²) >= 11 is 6.28. The maximum atomic E-state index is 12.9. The fraction of sp³-hybridized carbons (Fsp3) is 0.296. The quantitative estimate of drug-likeness (QED) is 0.394. The van der Waals surface area contributed by atoms with Gasteiger partial charge >= 0.3 is 0 Å². The summed E-state index contributed by atoms with van der Waals surface area (Å²) in [6, 6.07) is 18.7. The fourth-order valence-electron chi connectivity index (χ4n) is 4.28. The van der Waals surface area contributed by atoms with Crippen molar-refractivity contribution in [3.8, 4) is 11.5 Å². The predicted octanol–water partition coefficient (Wildman–Crippen LogP) is 5.01. The minimum absolute atomic E-state index is 0.0586. The second-order valence-electron chi connectivity index (χ2n) is 8.83. The second-order valence-corrected chi connectivity index (χ2v) is 10.9. The number of carbonyl (C=O) groups excluding carboxylic acids is 1. The molecule has 196 valence electrons. The number of ether oxygens (including phenoxy) is 2. The van der Waals surface area contributed by atoms with Gasteiger partial charge in [-0.15, -0.1) is 0 Å². The lowest BCUT2D eigenvalue weighted by atomic mass is 9.95. The molecule has 1 heterocycles. The number of amides is 1. The molecule has 1 aliphatic rings. The topological polar surface area (TPSA) is 97.0 Å². The first-order chi connectivity index (χ1) is 17.8. The third-order valence-corrected chi connectivity index (χ3v) is 8.14. The van der Waals surface area contributed by atoms with E-state index in [1.54, 1.807) is 30.3 Å². The molecule has 0 aromatic heterocycles. The van der Waals surface area contributed by atoms with Gasteiger partial charge in [-0.05, 0) is 74.0 Å². The number of rotatable bonds is 9. The first kappa shape index (κ1) is 26.8. The third-order valence-electron chi connectivity index (χ3n) is 6.39. The standard InChI is InChI=1S/C27H30ClN3O5S/c1-35-22-9-12-26(36-2)25(17-22)30-37(33,34)23-10-7-21(8-11-23)29-27(32)19-13-15-31(16-14-19)18-20-5-3-4-6-24(20)28/h3-12,17,19,30H,13-16,18H2,1-2H3,(H,29,32). The number of benzene rings is 3. The molecule has 1 amide bonds. The van der Waals surface area contributed by atoms with E-state index >= 15 is 0 Å². The van der Waals surface area contributed by atoms with Crippen LogP contribution in [0.5, 0.6) is 11.5 Å². The second kappa shape index (κ2) is 11.9. The molecule has 0 spiro atoms. The Morgan fingerprint density at radius 2 is 1.70 bits per heavy atom. The first-order valence-electron chi connectivity index (χ1n) is 11.9. The monoisotopic (exact) mass is 543 g/mol. The highest BCUT2D eigenvalue weighted by Gasteiger charge is 2.25. The normalized spacial score (nSPS) is 14.7. The van der Waals surface area contributed by atoms with E-state index in [0.717, 1.165) is 43.1 Å². The molecule has 1 aliphatic heterocycles. The van der Waals surface area contributed by atoms with Gasteiger partial charge in [0.2, 0.25) is 5.91 Å². The number of sulfonamides is 1. The largest absolute Gasteiger partial charge is 0.497 e. The van der Waals surface area contributed by atoms with Gasteiger partial charge in [-0.1, -0.05) is 29.8 Å². The average Bonchev–Trinajstić information content (AvgIpc) is 2.90. The van der Waals surface area contributed by atoms with Crippen LogP contribution in [0.25, 0.3) is 0 Å². The SMILES string of the molecule is COc1ccc(OC)c(NS(=O)(=O)c2ccc(NC(=O)C3CCN(Cc4ccccc4Cl)CC3)cc2)c1. The van der Waals surface area contributed by atoms with E-state index in [1.165, 1.54) is 26.4 Å². The molecule has 0 radical (unpaired) electrons. The Hall–Kier alpha value is -3.27. The van der Waals surface area contributed by atoms with E-state index in [4.69, 9.17) is 21.1 Å². The molecule has 10 heteroatoms. The van der Waals surface area contributed by atoms with Crippen molar-refractivity contribution in [1.29, 1.82) is 0 Å². The van der Waals surface area contributed by atoms with Gasteiger partial charge in [0, 0.05) is 29.2 Å². The van der Waals surface area contributed by atoms with Gasteiger partial charge in [-0.25, -0.2) is 8.42 Å². The summed E-state index contributed by atoms with van der Waals surface area (Å²) in [5.74, 6) is 0.692. The number of anilines is 2.